The van der Waals surface area contributed by atoms with Gasteiger partial charge in [0, 0.05) is 58.4 Å². The van der Waals surface area contributed by atoms with Crippen LogP contribution in [0, 0.1) is 23.1 Å². The summed E-state index contributed by atoms with van der Waals surface area (Å²) in [5.74, 6) is -0.0206. The fourth-order valence-corrected chi connectivity index (χ4v) is 5.36. The molecule has 2 aliphatic rings. The maximum atomic E-state index is 13.1. The van der Waals surface area contributed by atoms with E-state index in [0.29, 0.717) is 36.3 Å². The quantitative estimate of drug-likeness (QED) is 0.411. The zero-order valence-corrected chi connectivity index (χ0v) is 21.9. The van der Waals surface area contributed by atoms with Gasteiger partial charge in [0.25, 0.3) is 5.91 Å². The van der Waals surface area contributed by atoms with Gasteiger partial charge in [-0.3, -0.25) is 24.4 Å². The summed E-state index contributed by atoms with van der Waals surface area (Å²) >= 11 is 0. The molecule has 1 aromatic heterocycles. The molecule has 0 N–H and O–H groups in total. The lowest BCUT2D eigenvalue weighted by Crippen LogP contribution is -2.48. The van der Waals surface area contributed by atoms with Crippen molar-refractivity contribution in [3.05, 3.63) is 101 Å². The van der Waals surface area contributed by atoms with E-state index in [4.69, 9.17) is 5.26 Å². The number of Topliss-reactive ketones (excluding diaryl/α,β-unsaturated/α-hetero) is 1. The van der Waals surface area contributed by atoms with Crippen molar-refractivity contribution in [1.29, 1.82) is 5.26 Å². The second-order valence-electron chi connectivity index (χ2n) is 10.5. The Morgan fingerprint density at radius 2 is 1.54 bits per heavy atom. The smallest absolute Gasteiger partial charge is 0.255 e. The number of hydrogen-bond donors (Lipinski definition) is 0. The number of benzene rings is 2. The molecule has 0 aliphatic carbocycles. The van der Waals surface area contributed by atoms with Crippen LogP contribution in [0.2, 0.25) is 0 Å². The van der Waals surface area contributed by atoms with Crippen LogP contribution < -0.4 is 0 Å². The summed E-state index contributed by atoms with van der Waals surface area (Å²) in [5.41, 5.74) is 3.77. The lowest BCUT2D eigenvalue weighted by Gasteiger charge is -2.34. The third-order valence-electron chi connectivity index (χ3n) is 7.61. The largest absolute Gasteiger partial charge is 0.336 e. The molecule has 3 heterocycles. The molecule has 0 radical (unpaired) electrons. The van der Waals surface area contributed by atoms with E-state index in [2.05, 4.69) is 20.9 Å². The van der Waals surface area contributed by atoms with Crippen LogP contribution in [0.3, 0.4) is 0 Å². The topological polar surface area (TPSA) is 80.5 Å². The fourth-order valence-electron chi connectivity index (χ4n) is 5.36. The van der Waals surface area contributed by atoms with Crippen molar-refractivity contribution in [2.45, 2.75) is 25.9 Å². The Bertz CT molecular complexity index is 1330. The van der Waals surface area contributed by atoms with Gasteiger partial charge in [-0.15, -0.1) is 0 Å². The Morgan fingerprint density at radius 3 is 2.18 bits per heavy atom. The minimum absolute atomic E-state index is 0.00799. The van der Waals surface area contributed by atoms with Crippen molar-refractivity contribution < 1.29 is 14.0 Å². The van der Waals surface area contributed by atoms with Gasteiger partial charge < -0.3 is 4.90 Å². The first-order valence-electron chi connectivity index (χ1n) is 13.4. The maximum absolute atomic E-state index is 13.1. The summed E-state index contributed by atoms with van der Waals surface area (Å²) in [6.45, 7) is 6.06. The van der Waals surface area contributed by atoms with Gasteiger partial charge in [-0.05, 0) is 66.4 Å². The lowest BCUT2D eigenvalue weighted by atomic mass is 10.00. The van der Waals surface area contributed by atoms with E-state index in [1.54, 1.807) is 24.3 Å². The summed E-state index contributed by atoms with van der Waals surface area (Å²) in [7, 11) is 0. The fraction of sp³-hybridized carbons (Fsp3) is 0.355. The van der Waals surface area contributed by atoms with Gasteiger partial charge in [-0.25, -0.2) is 4.39 Å². The summed E-state index contributed by atoms with van der Waals surface area (Å²) in [6, 6.07) is 19.7. The van der Waals surface area contributed by atoms with Crippen molar-refractivity contribution in [3.8, 4) is 6.07 Å². The summed E-state index contributed by atoms with van der Waals surface area (Å²) in [4.78, 5) is 36.7. The van der Waals surface area contributed by atoms with Gasteiger partial charge >= 0.3 is 0 Å². The Labute approximate surface area is 228 Å². The van der Waals surface area contributed by atoms with Crippen molar-refractivity contribution in [2.24, 2.45) is 5.92 Å². The van der Waals surface area contributed by atoms with Crippen LogP contribution in [0.5, 0.6) is 0 Å². The number of amides is 1. The highest BCUT2D eigenvalue weighted by atomic mass is 19.1. The molecule has 0 bridgehead atoms. The Kier molecular flexibility index (Phi) is 8.40. The molecular weight excluding hydrogens is 493 g/mol. The third-order valence-corrected chi connectivity index (χ3v) is 7.61. The molecule has 1 amide bonds. The number of rotatable bonds is 8. The molecule has 5 rings (SSSR count). The number of nitrogens with zero attached hydrogens (tertiary/aromatic N) is 5. The molecule has 7 nitrogen and oxygen atoms in total. The molecule has 2 aromatic carbocycles. The summed E-state index contributed by atoms with van der Waals surface area (Å²) in [6.07, 6.45) is 2.93. The van der Waals surface area contributed by atoms with E-state index in [9.17, 15) is 14.0 Å². The van der Waals surface area contributed by atoms with Crippen LogP contribution in [0.25, 0.3) is 0 Å². The van der Waals surface area contributed by atoms with Gasteiger partial charge in [0.2, 0.25) is 0 Å². The number of halogens is 1. The predicted octanol–water partition coefficient (Wildman–Crippen LogP) is 4.15. The highest BCUT2D eigenvalue weighted by Gasteiger charge is 2.26. The molecule has 3 aromatic rings. The first-order chi connectivity index (χ1) is 19.0. The Balaban J connectivity index is 1.07. The molecule has 2 saturated heterocycles. The highest BCUT2D eigenvalue weighted by molar-refractivity contribution is 5.97. The number of pyridine rings is 1. The van der Waals surface area contributed by atoms with Gasteiger partial charge in [0.15, 0.2) is 5.78 Å². The monoisotopic (exact) mass is 525 g/mol. The van der Waals surface area contributed by atoms with Crippen molar-refractivity contribution in [2.75, 3.05) is 39.3 Å². The molecule has 0 saturated carbocycles. The predicted molar refractivity (Wildman–Crippen MR) is 145 cm³/mol. The molecule has 2 fully saturated rings. The minimum atomic E-state index is -0.239. The van der Waals surface area contributed by atoms with E-state index < -0.39 is 0 Å². The SMILES string of the molecule is N#Cc1ccc(CN2CCC(CC(=O)c3ccc(C(=O)N4CCN(Cc5ccc(F)cc5)CC4)cn3)C2)cc1. The van der Waals surface area contributed by atoms with Crippen LogP contribution in [0.1, 0.15) is 50.4 Å². The molecule has 8 heteroatoms. The molecule has 1 unspecified atom stereocenters. The number of carbonyl (C=O) groups excluding carboxylic acids is 2. The molecule has 200 valence electrons. The second kappa shape index (κ2) is 12.3. The zero-order chi connectivity index (χ0) is 27.2. The van der Waals surface area contributed by atoms with Crippen LogP contribution in [-0.2, 0) is 13.1 Å². The van der Waals surface area contributed by atoms with Crippen molar-refractivity contribution in [3.63, 3.8) is 0 Å². The normalized spacial score (nSPS) is 18.2. The number of ketones is 1. The van der Waals surface area contributed by atoms with Crippen molar-refractivity contribution in [1.82, 2.24) is 19.7 Å². The Hall–Kier alpha value is -3.93. The Morgan fingerprint density at radius 1 is 0.872 bits per heavy atom. The van der Waals surface area contributed by atoms with Crippen LogP contribution in [-0.4, -0.2) is 70.6 Å². The van der Waals surface area contributed by atoms with E-state index in [0.717, 1.165) is 56.8 Å². The first kappa shape index (κ1) is 26.7. The van der Waals surface area contributed by atoms with Gasteiger partial charge in [0.05, 0.1) is 17.2 Å². The van der Waals surface area contributed by atoms with Crippen LogP contribution in [0.4, 0.5) is 4.39 Å². The molecule has 39 heavy (non-hydrogen) atoms. The number of likely N-dealkylation sites (tertiary alicyclic amines) is 1. The zero-order valence-electron chi connectivity index (χ0n) is 21.9. The van der Waals surface area contributed by atoms with E-state index in [1.807, 2.05) is 29.2 Å². The van der Waals surface area contributed by atoms with E-state index in [-0.39, 0.29) is 23.4 Å². The van der Waals surface area contributed by atoms with Crippen LogP contribution in [0.15, 0.2) is 66.9 Å². The average Bonchev–Trinajstić information content (AvgIpc) is 3.41. The molecule has 0 spiro atoms. The summed E-state index contributed by atoms with van der Waals surface area (Å²) < 4.78 is 13.1. The molecular formula is C31H32FN5O2. The van der Waals surface area contributed by atoms with Gasteiger partial charge in [-0.2, -0.15) is 5.26 Å². The first-order valence-corrected chi connectivity index (χ1v) is 13.4. The number of aromatic nitrogens is 1. The summed E-state index contributed by atoms with van der Waals surface area (Å²) in [5, 5.41) is 8.96. The minimum Gasteiger partial charge on any atom is -0.336 e. The number of piperazine rings is 1. The van der Waals surface area contributed by atoms with Crippen LogP contribution >= 0.6 is 0 Å². The van der Waals surface area contributed by atoms with E-state index >= 15 is 0 Å². The molecule has 2 aliphatic heterocycles. The number of hydrogen-bond acceptors (Lipinski definition) is 6. The van der Waals surface area contributed by atoms with Gasteiger partial charge in [0.1, 0.15) is 11.5 Å². The van der Waals surface area contributed by atoms with Gasteiger partial charge in [-0.1, -0.05) is 24.3 Å². The molecule has 1 atom stereocenters. The van der Waals surface area contributed by atoms with E-state index in [1.165, 1.54) is 18.3 Å². The maximum Gasteiger partial charge on any atom is 0.255 e. The number of carbonyl (C=O) groups is 2. The van der Waals surface area contributed by atoms with Crippen molar-refractivity contribution >= 4 is 11.7 Å². The highest BCUT2D eigenvalue weighted by Crippen LogP contribution is 2.23. The third kappa shape index (κ3) is 6.94. The second-order valence-corrected chi connectivity index (χ2v) is 10.5. The number of nitriles is 1. The average molecular weight is 526 g/mol. The lowest BCUT2D eigenvalue weighted by molar-refractivity contribution is 0.0627. The standard InChI is InChI=1S/C31H32FN5O2/c32-28-8-5-25(6-9-28)20-35-13-15-37(16-14-35)31(39)27-7-10-29(34-19-27)30(38)17-26-11-12-36(22-26)21-24-3-1-23(18-33)2-4-24/h1-10,19,26H,11-17,20-22H2.